The lowest BCUT2D eigenvalue weighted by Crippen LogP contribution is -2.37. The second-order valence-corrected chi connectivity index (χ2v) is 3.41. The zero-order valence-electron chi connectivity index (χ0n) is 5.39. The van der Waals surface area contributed by atoms with E-state index < -0.39 is 10.8 Å². The van der Waals surface area contributed by atoms with Gasteiger partial charge in [0.1, 0.15) is 5.04 Å². The second-order valence-electron chi connectivity index (χ2n) is 1.84. The first-order chi connectivity index (χ1) is 4.34. The number of rotatable bonds is 0. The summed E-state index contributed by atoms with van der Waals surface area (Å²) in [5, 5.41) is 3.89. The number of nitrogens with zero attached hydrogens (tertiary/aromatic N) is 1. The van der Waals surface area contributed by atoms with Gasteiger partial charge in [-0.25, -0.2) is 0 Å². The Morgan fingerprint density at radius 1 is 1.78 bits per heavy atom. The molecule has 0 aromatic heterocycles. The highest BCUT2D eigenvalue weighted by Crippen LogP contribution is 1.91. The van der Waals surface area contributed by atoms with Crippen LogP contribution in [0.1, 0.15) is 0 Å². The quantitative estimate of drug-likeness (QED) is 0.494. The molecule has 0 aromatic rings. The minimum atomic E-state index is -0.791. The van der Waals surface area contributed by atoms with Crippen molar-refractivity contribution in [1.82, 2.24) is 5.32 Å². The number of hydrogen-bond donors (Lipinski definition) is 1. The van der Waals surface area contributed by atoms with Gasteiger partial charge in [0.15, 0.2) is 0 Å². The molecular weight excluding hydrogens is 136 g/mol. The summed E-state index contributed by atoms with van der Waals surface area (Å²) >= 11 is 0. The summed E-state index contributed by atoms with van der Waals surface area (Å²) in [6.07, 6.45) is 0. The van der Waals surface area contributed by atoms with E-state index in [1.807, 2.05) is 0 Å². The van der Waals surface area contributed by atoms with Gasteiger partial charge in [-0.05, 0) is 0 Å². The van der Waals surface area contributed by atoms with Crippen LogP contribution in [0.3, 0.4) is 0 Å². The van der Waals surface area contributed by atoms with Gasteiger partial charge in [-0.2, -0.15) is 0 Å². The molecule has 0 amide bonds. The highest BCUT2D eigenvalue weighted by atomic mass is 32.2. The summed E-state index contributed by atoms with van der Waals surface area (Å²) in [5.41, 5.74) is 0. The molecule has 52 valence electrons. The second kappa shape index (κ2) is 3.08. The van der Waals surface area contributed by atoms with Gasteiger partial charge in [0.2, 0.25) is 0 Å². The first kappa shape index (κ1) is 6.89. The van der Waals surface area contributed by atoms with E-state index >= 15 is 0 Å². The molecule has 1 fully saturated rings. The number of aliphatic imine (C=N–C) groups is 1. The smallest absolute Gasteiger partial charge is 0.112 e. The lowest BCUT2D eigenvalue weighted by atomic mass is 10.6. The van der Waals surface area contributed by atoms with Gasteiger partial charge in [0.25, 0.3) is 0 Å². The summed E-state index contributed by atoms with van der Waals surface area (Å²) in [6, 6.07) is 0. The van der Waals surface area contributed by atoms with E-state index in [1.54, 1.807) is 7.05 Å². The van der Waals surface area contributed by atoms with E-state index in [0.29, 0.717) is 12.3 Å². The standard InChI is InChI=1S/C5H10N2OS/c1-6-5-4-7-2-3-9(5)8/h7H,2-4H2,1H3. The topological polar surface area (TPSA) is 41.5 Å². The first-order valence-electron chi connectivity index (χ1n) is 2.89. The first-order valence-corrected chi connectivity index (χ1v) is 4.21. The van der Waals surface area contributed by atoms with E-state index in [1.165, 1.54) is 0 Å². The fourth-order valence-corrected chi connectivity index (χ4v) is 1.77. The molecule has 1 saturated heterocycles. The molecule has 4 heteroatoms. The number of hydrogen-bond acceptors (Lipinski definition) is 3. The summed E-state index contributed by atoms with van der Waals surface area (Å²) in [6.45, 7) is 1.55. The third kappa shape index (κ3) is 1.59. The van der Waals surface area contributed by atoms with E-state index in [4.69, 9.17) is 0 Å². The Hall–Kier alpha value is -0.220. The van der Waals surface area contributed by atoms with Crippen molar-refractivity contribution >= 4 is 15.8 Å². The van der Waals surface area contributed by atoms with Crippen LogP contribution in [-0.4, -0.2) is 35.1 Å². The molecule has 1 heterocycles. The Balaban J connectivity index is 2.60. The average Bonchev–Trinajstić information content (AvgIpc) is 1.89. The SMILES string of the molecule is CN=C1CNCCS1=O. The molecule has 0 bridgehead atoms. The molecule has 1 atom stereocenters. The van der Waals surface area contributed by atoms with Gasteiger partial charge in [-0.3, -0.25) is 9.20 Å². The van der Waals surface area contributed by atoms with Crippen LogP contribution in [0, 0.1) is 0 Å². The Morgan fingerprint density at radius 3 is 3.00 bits per heavy atom. The minimum Gasteiger partial charge on any atom is -0.310 e. The molecule has 0 aromatic carbocycles. The summed E-state index contributed by atoms with van der Waals surface area (Å²) in [4.78, 5) is 3.88. The fraction of sp³-hybridized carbons (Fsp3) is 0.800. The Morgan fingerprint density at radius 2 is 2.56 bits per heavy atom. The Kier molecular flexibility index (Phi) is 2.36. The highest BCUT2D eigenvalue weighted by molar-refractivity contribution is 8.00. The lowest BCUT2D eigenvalue weighted by molar-refractivity contribution is 0.680. The third-order valence-electron chi connectivity index (χ3n) is 1.25. The van der Waals surface area contributed by atoms with Crippen LogP contribution in [-0.2, 0) is 10.8 Å². The van der Waals surface area contributed by atoms with Crippen molar-refractivity contribution < 1.29 is 4.21 Å². The third-order valence-corrected chi connectivity index (χ3v) is 2.68. The summed E-state index contributed by atoms with van der Waals surface area (Å²) < 4.78 is 11.0. The molecule has 3 nitrogen and oxygen atoms in total. The van der Waals surface area contributed by atoms with Crippen molar-refractivity contribution in [1.29, 1.82) is 0 Å². The molecule has 1 N–H and O–H groups in total. The molecule has 9 heavy (non-hydrogen) atoms. The largest absolute Gasteiger partial charge is 0.310 e. The van der Waals surface area contributed by atoms with Crippen molar-refractivity contribution in [2.75, 3.05) is 25.9 Å². The van der Waals surface area contributed by atoms with E-state index in [-0.39, 0.29) is 0 Å². The molecule has 1 rings (SSSR count). The van der Waals surface area contributed by atoms with Gasteiger partial charge in [-0.15, -0.1) is 0 Å². The molecule has 1 unspecified atom stereocenters. The van der Waals surface area contributed by atoms with Gasteiger partial charge in [0, 0.05) is 25.9 Å². The summed E-state index contributed by atoms with van der Waals surface area (Å²) in [7, 11) is 0.890. The average molecular weight is 146 g/mol. The maximum absolute atomic E-state index is 11.0. The minimum absolute atomic E-state index is 0.698. The molecule has 1 aliphatic rings. The lowest BCUT2D eigenvalue weighted by Gasteiger charge is -2.12. The maximum atomic E-state index is 11.0. The van der Waals surface area contributed by atoms with Crippen LogP contribution < -0.4 is 5.32 Å². The van der Waals surface area contributed by atoms with Gasteiger partial charge < -0.3 is 5.32 Å². The van der Waals surface area contributed by atoms with E-state index in [9.17, 15) is 4.21 Å². The van der Waals surface area contributed by atoms with Crippen molar-refractivity contribution in [3.63, 3.8) is 0 Å². The van der Waals surface area contributed by atoms with Gasteiger partial charge in [0.05, 0.1) is 10.8 Å². The monoisotopic (exact) mass is 146 g/mol. The van der Waals surface area contributed by atoms with Crippen molar-refractivity contribution in [2.45, 2.75) is 0 Å². The predicted molar refractivity (Wildman–Crippen MR) is 39.2 cm³/mol. The van der Waals surface area contributed by atoms with Crippen LogP contribution in [0.2, 0.25) is 0 Å². The molecule has 0 spiro atoms. The molecule has 1 aliphatic heterocycles. The molecular formula is C5H10N2OS. The van der Waals surface area contributed by atoms with E-state index in [0.717, 1.165) is 11.6 Å². The van der Waals surface area contributed by atoms with Crippen LogP contribution in [0.4, 0.5) is 0 Å². The van der Waals surface area contributed by atoms with E-state index in [2.05, 4.69) is 10.3 Å². The van der Waals surface area contributed by atoms with Gasteiger partial charge >= 0.3 is 0 Å². The Labute approximate surface area is 57.0 Å². The van der Waals surface area contributed by atoms with Crippen LogP contribution >= 0.6 is 0 Å². The van der Waals surface area contributed by atoms with Crippen molar-refractivity contribution in [3.8, 4) is 0 Å². The molecule has 0 aliphatic carbocycles. The maximum Gasteiger partial charge on any atom is 0.112 e. The highest BCUT2D eigenvalue weighted by Gasteiger charge is 2.12. The predicted octanol–water partition coefficient (Wildman–Crippen LogP) is -0.633. The normalized spacial score (nSPS) is 33.0. The molecule has 0 saturated carbocycles. The Bertz CT molecular complexity index is 155. The zero-order valence-corrected chi connectivity index (χ0v) is 6.20. The number of nitrogens with one attached hydrogen (secondary N) is 1. The zero-order chi connectivity index (χ0) is 6.69. The fourth-order valence-electron chi connectivity index (χ4n) is 0.739. The van der Waals surface area contributed by atoms with Gasteiger partial charge in [-0.1, -0.05) is 0 Å². The van der Waals surface area contributed by atoms with Crippen LogP contribution in [0.15, 0.2) is 4.99 Å². The van der Waals surface area contributed by atoms with Crippen LogP contribution in [0.25, 0.3) is 0 Å². The van der Waals surface area contributed by atoms with Crippen LogP contribution in [0.5, 0.6) is 0 Å². The molecule has 0 radical (unpaired) electrons. The van der Waals surface area contributed by atoms with Crippen molar-refractivity contribution in [3.05, 3.63) is 0 Å². The summed E-state index contributed by atoms with van der Waals surface area (Å²) in [5.74, 6) is 0.715. The van der Waals surface area contributed by atoms with Crippen molar-refractivity contribution in [2.24, 2.45) is 4.99 Å².